The number of nitrogens with one attached hydrogen (secondary N) is 1. The zero-order valence-electron chi connectivity index (χ0n) is 21.6. The number of hydrogen-bond donors (Lipinski definition) is 1. The zero-order chi connectivity index (χ0) is 26.6. The molecule has 0 unspecified atom stereocenters. The second kappa shape index (κ2) is 10.9. The van der Waals surface area contributed by atoms with Crippen molar-refractivity contribution in [2.45, 2.75) is 40.0 Å². The molecule has 2 aromatic heterocycles. The molecule has 0 saturated carbocycles. The third kappa shape index (κ3) is 5.78. The van der Waals surface area contributed by atoms with Crippen LogP contribution in [0.5, 0.6) is 5.75 Å². The average Bonchev–Trinajstić information content (AvgIpc) is 3.32. The Labute approximate surface area is 219 Å². The van der Waals surface area contributed by atoms with Crippen molar-refractivity contribution in [3.63, 3.8) is 0 Å². The Balaban J connectivity index is 1.45. The van der Waals surface area contributed by atoms with E-state index in [1.54, 1.807) is 23.9 Å². The summed E-state index contributed by atoms with van der Waals surface area (Å²) in [6.45, 7) is 5.85. The summed E-state index contributed by atoms with van der Waals surface area (Å²) in [6.07, 6.45) is 0. The molecule has 1 N–H and O–H groups in total. The van der Waals surface area contributed by atoms with E-state index < -0.39 is 0 Å². The number of benzene rings is 3. The molecule has 194 valence electrons. The van der Waals surface area contributed by atoms with Crippen LogP contribution >= 0.6 is 0 Å². The molecule has 2 heterocycles. The lowest BCUT2D eigenvalue weighted by molar-refractivity contribution is 0.236. The Kier molecular flexibility index (Phi) is 7.28. The minimum atomic E-state index is -0.289. The van der Waals surface area contributed by atoms with Gasteiger partial charge in [0, 0.05) is 29.6 Å². The van der Waals surface area contributed by atoms with Crippen molar-refractivity contribution < 1.29 is 9.13 Å². The van der Waals surface area contributed by atoms with Gasteiger partial charge in [0.1, 0.15) is 11.6 Å². The highest BCUT2D eigenvalue weighted by Crippen LogP contribution is 2.21. The fraction of sp³-hybridized carbons (Fsp3) is 0.241. The summed E-state index contributed by atoms with van der Waals surface area (Å²) in [5.74, 6) is 1.13. The molecule has 0 aliphatic carbocycles. The summed E-state index contributed by atoms with van der Waals surface area (Å²) in [4.78, 5) is 18.3. The van der Waals surface area contributed by atoms with Crippen molar-refractivity contribution in [1.82, 2.24) is 30.1 Å². The van der Waals surface area contributed by atoms with E-state index in [0.717, 1.165) is 38.9 Å². The number of ether oxygens (including phenoxy) is 1. The van der Waals surface area contributed by atoms with E-state index in [-0.39, 0.29) is 11.4 Å². The van der Waals surface area contributed by atoms with Crippen LogP contribution in [0.2, 0.25) is 0 Å². The molecule has 38 heavy (non-hydrogen) atoms. The third-order valence-electron chi connectivity index (χ3n) is 6.57. The quantitative estimate of drug-likeness (QED) is 0.312. The molecular formula is C29H29FN6O2. The first kappa shape index (κ1) is 25.3. The summed E-state index contributed by atoms with van der Waals surface area (Å²) in [5, 5.41) is 13.3. The van der Waals surface area contributed by atoms with Gasteiger partial charge in [-0.15, -0.1) is 5.10 Å². The molecule has 3 aromatic carbocycles. The van der Waals surface area contributed by atoms with E-state index in [0.29, 0.717) is 37.6 Å². The zero-order valence-corrected chi connectivity index (χ0v) is 21.6. The van der Waals surface area contributed by atoms with Crippen molar-refractivity contribution in [3.05, 3.63) is 117 Å². The number of hydrogen-bond acceptors (Lipinski definition) is 6. The standard InChI is InChI=1S/C29H29FN6O2/c1-19-12-20(2)26-14-23(29(37)31-27(26)13-19)17-35(15-21-6-10-25(38-3)11-7-21)18-28-32-33-34-36(28)16-22-4-8-24(30)9-5-22/h4-14H,15-18H2,1-3H3,(H,31,37). The molecule has 0 aliphatic heterocycles. The maximum absolute atomic E-state index is 13.4. The van der Waals surface area contributed by atoms with Crippen LogP contribution in [0, 0.1) is 19.7 Å². The van der Waals surface area contributed by atoms with Crippen LogP contribution < -0.4 is 10.3 Å². The lowest BCUT2D eigenvalue weighted by atomic mass is 10.0. The van der Waals surface area contributed by atoms with Crippen molar-refractivity contribution >= 4 is 10.9 Å². The first-order valence-corrected chi connectivity index (χ1v) is 12.4. The number of methoxy groups -OCH3 is 1. The van der Waals surface area contributed by atoms with E-state index >= 15 is 0 Å². The van der Waals surface area contributed by atoms with Crippen LogP contribution in [0.1, 0.15) is 33.6 Å². The van der Waals surface area contributed by atoms with E-state index in [1.165, 1.54) is 12.1 Å². The average molecular weight is 513 g/mol. The van der Waals surface area contributed by atoms with Gasteiger partial charge in [-0.05, 0) is 82.9 Å². The smallest absolute Gasteiger partial charge is 0.252 e. The maximum atomic E-state index is 13.4. The van der Waals surface area contributed by atoms with E-state index in [4.69, 9.17) is 4.74 Å². The minimum Gasteiger partial charge on any atom is -0.497 e. The van der Waals surface area contributed by atoms with Crippen molar-refractivity contribution in [3.8, 4) is 5.75 Å². The number of fused-ring (bicyclic) bond motifs is 1. The van der Waals surface area contributed by atoms with Crippen LogP contribution in [0.25, 0.3) is 10.9 Å². The van der Waals surface area contributed by atoms with E-state index in [9.17, 15) is 9.18 Å². The van der Waals surface area contributed by atoms with Crippen LogP contribution in [-0.2, 0) is 26.2 Å². The van der Waals surface area contributed by atoms with Gasteiger partial charge in [0.15, 0.2) is 5.82 Å². The fourth-order valence-electron chi connectivity index (χ4n) is 4.65. The molecule has 0 aliphatic rings. The van der Waals surface area contributed by atoms with Crippen LogP contribution in [0.15, 0.2) is 71.5 Å². The molecule has 0 fully saturated rings. The summed E-state index contributed by atoms with van der Waals surface area (Å²) in [6, 6.07) is 20.2. The van der Waals surface area contributed by atoms with Crippen molar-refractivity contribution in [2.24, 2.45) is 0 Å². The van der Waals surface area contributed by atoms with Crippen LogP contribution in [-0.4, -0.2) is 37.2 Å². The van der Waals surface area contributed by atoms with Gasteiger partial charge in [-0.2, -0.15) is 0 Å². The van der Waals surface area contributed by atoms with Gasteiger partial charge in [-0.3, -0.25) is 9.69 Å². The molecule has 0 radical (unpaired) electrons. The molecule has 0 atom stereocenters. The first-order chi connectivity index (χ1) is 18.4. The predicted molar refractivity (Wildman–Crippen MR) is 143 cm³/mol. The number of pyridine rings is 1. The SMILES string of the molecule is COc1ccc(CN(Cc2cc3c(C)cc(C)cc3[nH]c2=O)Cc2nnnn2Cc2ccc(F)cc2)cc1. The highest BCUT2D eigenvalue weighted by Gasteiger charge is 2.17. The molecule has 0 bridgehead atoms. The summed E-state index contributed by atoms with van der Waals surface area (Å²) < 4.78 is 20.4. The van der Waals surface area contributed by atoms with Gasteiger partial charge in [-0.25, -0.2) is 9.07 Å². The van der Waals surface area contributed by atoms with Crippen LogP contribution in [0.4, 0.5) is 4.39 Å². The van der Waals surface area contributed by atoms with E-state index in [2.05, 4.69) is 38.4 Å². The number of aryl methyl sites for hydroxylation is 2. The lowest BCUT2D eigenvalue weighted by Gasteiger charge is -2.22. The summed E-state index contributed by atoms with van der Waals surface area (Å²) in [5.41, 5.74) is 5.55. The summed E-state index contributed by atoms with van der Waals surface area (Å²) in [7, 11) is 1.64. The minimum absolute atomic E-state index is 0.117. The Morgan fingerprint density at radius 1 is 0.947 bits per heavy atom. The Morgan fingerprint density at radius 2 is 1.68 bits per heavy atom. The molecule has 5 rings (SSSR count). The molecule has 0 amide bonds. The van der Waals surface area contributed by atoms with Gasteiger partial charge in [0.05, 0.1) is 20.2 Å². The van der Waals surface area contributed by atoms with Gasteiger partial charge in [-0.1, -0.05) is 30.3 Å². The number of halogens is 1. The van der Waals surface area contributed by atoms with Crippen molar-refractivity contribution in [1.29, 1.82) is 0 Å². The topological polar surface area (TPSA) is 88.9 Å². The molecular weight excluding hydrogens is 483 g/mol. The monoisotopic (exact) mass is 512 g/mol. The number of aromatic nitrogens is 5. The molecule has 9 heteroatoms. The largest absolute Gasteiger partial charge is 0.497 e. The first-order valence-electron chi connectivity index (χ1n) is 12.4. The normalized spacial score (nSPS) is 11.4. The Hall–Kier alpha value is -4.37. The fourth-order valence-corrected chi connectivity index (χ4v) is 4.65. The molecule has 0 spiro atoms. The van der Waals surface area contributed by atoms with E-state index in [1.807, 2.05) is 43.3 Å². The Morgan fingerprint density at radius 3 is 2.42 bits per heavy atom. The van der Waals surface area contributed by atoms with Gasteiger partial charge in [0.25, 0.3) is 5.56 Å². The Bertz CT molecular complexity index is 1610. The third-order valence-corrected chi connectivity index (χ3v) is 6.57. The second-order valence-electron chi connectivity index (χ2n) is 9.54. The molecule has 5 aromatic rings. The highest BCUT2D eigenvalue weighted by molar-refractivity contribution is 5.83. The van der Waals surface area contributed by atoms with Crippen LogP contribution in [0.3, 0.4) is 0 Å². The van der Waals surface area contributed by atoms with Gasteiger partial charge in [0.2, 0.25) is 0 Å². The number of aromatic amines is 1. The van der Waals surface area contributed by atoms with Crippen molar-refractivity contribution in [2.75, 3.05) is 7.11 Å². The van der Waals surface area contributed by atoms with Gasteiger partial charge < -0.3 is 9.72 Å². The number of rotatable bonds is 9. The molecule has 8 nitrogen and oxygen atoms in total. The van der Waals surface area contributed by atoms with Gasteiger partial charge >= 0.3 is 0 Å². The lowest BCUT2D eigenvalue weighted by Crippen LogP contribution is -2.28. The number of H-pyrrole nitrogens is 1. The second-order valence-corrected chi connectivity index (χ2v) is 9.54. The highest BCUT2D eigenvalue weighted by atomic mass is 19.1. The number of tetrazole rings is 1. The summed E-state index contributed by atoms with van der Waals surface area (Å²) >= 11 is 0. The number of nitrogens with zero attached hydrogens (tertiary/aromatic N) is 5. The maximum Gasteiger partial charge on any atom is 0.252 e. The predicted octanol–water partition coefficient (Wildman–Crippen LogP) is 4.53. The molecule has 0 saturated heterocycles.